The number of benzene rings is 1. The van der Waals surface area contributed by atoms with Crippen molar-refractivity contribution < 1.29 is 4.92 Å². The van der Waals surface area contributed by atoms with Gasteiger partial charge >= 0.3 is 0 Å². The van der Waals surface area contributed by atoms with E-state index in [1.807, 2.05) is 6.07 Å². The molecular formula is C8H4Cl2N2O2. The molecule has 1 aromatic rings. The molecule has 0 aliphatic heterocycles. The number of nitro benzene ring substituents is 1. The number of halogens is 2. The molecule has 0 fully saturated rings. The highest BCUT2D eigenvalue weighted by molar-refractivity contribution is 6.35. The molecule has 14 heavy (non-hydrogen) atoms. The Labute approximate surface area is 89.8 Å². The van der Waals surface area contributed by atoms with Crippen molar-refractivity contribution in [1.29, 1.82) is 5.26 Å². The van der Waals surface area contributed by atoms with Crippen LogP contribution in [-0.4, -0.2) is 4.92 Å². The first-order valence-corrected chi connectivity index (χ1v) is 4.31. The van der Waals surface area contributed by atoms with Gasteiger partial charge in [-0.15, -0.1) is 0 Å². The van der Waals surface area contributed by atoms with Crippen LogP contribution in [0.5, 0.6) is 0 Å². The van der Waals surface area contributed by atoms with E-state index in [0.29, 0.717) is 0 Å². The molecule has 0 saturated heterocycles. The maximum Gasteiger partial charge on any atom is 0.276 e. The summed E-state index contributed by atoms with van der Waals surface area (Å²) in [5, 5.41) is 19.4. The quantitative estimate of drug-likeness (QED) is 0.580. The van der Waals surface area contributed by atoms with Crippen LogP contribution in [0.1, 0.15) is 5.56 Å². The number of hydrogen-bond donors (Lipinski definition) is 0. The molecule has 1 rings (SSSR count). The van der Waals surface area contributed by atoms with Gasteiger partial charge in [-0.3, -0.25) is 10.1 Å². The fourth-order valence-corrected chi connectivity index (χ4v) is 1.56. The summed E-state index contributed by atoms with van der Waals surface area (Å²) in [6, 6.07) is 4.37. The van der Waals surface area contributed by atoms with Crippen LogP contribution < -0.4 is 0 Å². The second-order valence-corrected chi connectivity index (χ2v) is 3.32. The minimum Gasteiger partial charge on any atom is -0.258 e. The third-order valence-electron chi connectivity index (χ3n) is 1.59. The van der Waals surface area contributed by atoms with Crippen molar-refractivity contribution in [3.63, 3.8) is 0 Å². The Kier molecular flexibility index (Phi) is 3.28. The summed E-state index contributed by atoms with van der Waals surface area (Å²) < 4.78 is 0. The van der Waals surface area contributed by atoms with Gasteiger partial charge in [-0.2, -0.15) is 5.26 Å². The first-order chi connectivity index (χ1) is 6.56. The first-order valence-electron chi connectivity index (χ1n) is 3.55. The van der Waals surface area contributed by atoms with Crippen molar-refractivity contribution in [2.45, 2.75) is 6.42 Å². The molecule has 0 atom stereocenters. The van der Waals surface area contributed by atoms with Crippen LogP contribution >= 0.6 is 23.2 Å². The smallest absolute Gasteiger partial charge is 0.258 e. The van der Waals surface area contributed by atoms with Crippen molar-refractivity contribution in [3.05, 3.63) is 37.9 Å². The molecule has 0 spiro atoms. The Morgan fingerprint density at radius 1 is 1.50 bits per heavy atom. The third kappa shape index (κ3) is 2.13. The van der Waals surface area contributed by atoms with Crippen LogP contribution in [-0.2, 0) is 6.42 Å². The Bertz CT molecular complexity index is 426. The van der Waals surface area contributed by atoms with Gasteiger partial charge < -0.3 is 0 Å². The molecule has 0 unspecified atom stereocenters. The summed E-state index contributed by atoms with van der Waals surface area (Å²) in [5.41, 5.74) is -0.0207. The van der Waals surface area contributed by atoms with Gasteiger partial charge in [-0.1, -0.05) is 23.2 Å². The minimum atomic E-state index is -0.607. The number of rotatable bonds is 2. The molecule has 0 heterocycles. The van der Waals surface area contributed by atoms with Crippen molar-refractivity contribution >= 4 is 28.9 Å². The summed E-state index contributed by atoms with van der Waals surface area (Å²) in [5.74, 6) is 0. The van der Waals surface area contributed by atoms with Crippen LogP contribution in [0.15, 0.2) is 12.1 Å². The molecule has 0 amide bonds. The molecule has 0 N–H and O–H groups in total. The van der Waals surface area contributed by atoms with Gasteiger partial charge in [-0.05, 0) is 6.07 Å². The van der Waals surface area contributed by atoms with Gasteiger partial charge in [0.05, 0.1) is 28.0 Å². The van der Waals surface area contributed by atoms with E-state index < -0.39 is 4.92 Å². The lowest BCUT2D eigenvalue weighted by Crippen LogP contribution is -1.95. The molecule has 0 aliphatic carbocycles. The van der Waals surface area contributed by atoms with Crippen LogP contribution in [0.25, 0.3) is 0 Å². The lowest BCUT2D eigenvalue weighted by atomic mass is 10.1. The molecule has 0 aliphatic rings. The van der Waals surface area contributed by atoms with E-state index in [0.717, 1.165) is 0 Å². The second kappa shape index (κ2) is 4.27. The number of nitrogens with zero attached hydrogens (tertiary/aromatic N) is 2. The van der Waals surface area contributed by atoms with E-state index in [1.165, 1.54) is 12.1 Å². The average molecular weight is 231 g/mol. The average Bonchev–Trinajstić information content (AvgIpc) is 2.09. The maximum absolute atomic E-state index is 10.6. The van der Waals surface area contributed by atoms with Gasteiger partial charge in [-0.25, -0.2) is 0 Å². The molecule has 0 saturated carbocycles. The molecule has 0 radical (unpaired) electrons. The Morgan fingerprint density at radius 2 is 2.14 bits per heavy atom. The summed E-state index contributed by atoms with van der Waals surface area (Å²) in [4.78, 5) is 9.97. The lowest BCUT2D eigenvalue weighted by Gasteiger charge is -2.01. The first kappa shape index (κ1) is 10.8. The maximum atomic E-state index is 10.6. The zero-order valence-corrected chi connectivity index (χ0v) is 8.34. The fraction of sp³-hybridized carbons (Fsp3) is 0.125. The molecule has 1 aromatic carbocycles. The van der Waals surface area contributed by atoms with Crippen molar-refractivity contribution in [3.8, 4) is 6.07 Å². The van der Waals surface area contributed by atoms with E-state index in [-0.39, 0.29) is 27.7 Å². The van der Waals surface area contributed by atoms with Gasteiger partial charge in [0.15, 0.2) is 0 Å². The van der Waals surface area contributed by atoms with Crippen LogP contribution in [0, 0.1) is 21.4 Å². The number of nitro groups is 1. The van der Waals surface area contributed by atoms with Crippen LogP contribution in [0.2, 0.25) is 10.0 Å². The van der Waals surface area contributed by atoms with Crippen LogP contribution in [0.3, 0.4) is 0 Å². The summed E-state index contributed by atoms with van der Waals surface area (Å²) >= 11 is 11.3. The highest BCUT2D eigenvalue weighted by atomic mass is 35.5. The van der Waals surface area contributed by atoms with E-state index in [4.69, 9.17) is 28.5 Å². The SMILES string of the molecule is N#CCc1c(Cl)cc(Cl)cc1[N+](=O)[O-]. The summed E-state index contributed by atoms with van der Waals surface area (Å²) in [7, 11) is 0. The predicted octanol–water partition coefficient (Wildman–Crippen LogP) is 2.97. The van der Waals surface area contributed by atoms with Gasteiger partial charge in [0, 0.05) is 11.1 Å². The lowest BCUT2D eigenvalue weighted by molar-refractivity contribution is -0.385. The molecule has 4 nitrogen and oxygen atoms in total. The second-order valence-electron chi connectivity index (χ2n) is 2.48. The Hall–Kier alpha value is -1.31. The van der Waals surface area contributed by atoms with Crippen LogP contribution in [0.4, 0.5) is 5.69 Å². The normalized spacial score (nSPS) is 9.50. The Morgan fingerprint density at radius 3 is 2.64 bits per heavy atom. The highest BCUT2D eigenvalue weighted by Crippen LogP contribution is 2.30. The Balaban J connectivity index is 3.38. The van der Waals surface area contributed by atoms with E-state index >= 15 is 0 Å². The van der Waals surface area contributed by atoms with Gasteiger partial charge in [0.2, 0.25) is 0 Å². The molecule has 0 aromatic heterocycles. The molecular weight excluding hydrogens is 227 g/mol. The topological polar surface area (TPSA) is 66.9 Å². The third-order valence-corrected chi connectivity index (χ3v) is 2.14. The van der Waals surface area contributed by atoms with E-state index in [9.17, 15) is 10.1 Å². The largest absolute Gasteiger partial charge is 0.276 e. The monoisotopic (exact) mass is 230 g/mol. The number of hydrogen-bond acceptors (Lipinski definition) is 3. The number of nitriles is 1. The summed E-state index contributed by atoms with van der Waals surface area (Å²) in [6.45, 7) is 0. The van der Waals surface area contributed by atoms with Gasteiger partial charge in [0.1, 0.15) is 0 Å². The van der Waals surface area contributed by atoms with Crippen molar-refractivity contribution in [1.82, 2.24) is 0 Å². The minimum absolute atomic E-state index is 0.105. The predicted molar refractivity (Wildman–Crippen MR) is 52.4 cm³/mol. The van der Waals surface area contributed by atoms with Crippen molar-refractivity contribution in [2.75, 3.05) is 0 Å². The fourth-order valence-electron chi connectivity index (χ4n) is 1.01. The zero-order valence-electron chi connectivity index (χ0n) is 6.83. The summed E-state index contributed by atoms with van der Waals surface area (Å²) in [6.07, 6.45) is -0.105. The zero-order chi connectivity index (χ0) is 10.7. The van der Waals surface area contributed by atoms with Gasteiger partial charge in [0.25, 0.3) is 5.69 Å². The molecule has 0 bridgehead atoms. The van der Waals surface area contributed by atoms with E-state index in [1.54, 1.807) is 0 Å². The van der Waals surface area contributed by atoms with E-state index in [2.05, 4.69) is 0 Å². The standard InChI is InChI=1S/C8H4Cl2N2O2/c9-5-3-7(10)6(1-2-11)8(4-5)12(13)14/h3-4H,1H2. The molecule has 6 heteroatoms. The highest BCUT2D eigenvalue weighted by Gasteiger charge is 2.17. The molecule has 72 valence electrons. The van der Waals surface area contributed by atoms with Crippen molar-refractivity contribution in [2.24, 2.45) is 0 Å².